The van der Waals surface area contributed by atoms with Gasteiger partial charge in [0, 0.05) is 28.2 Å². The van der Waals surface area contributed by atoms with E-state index in [1.165, 1.54) is 49.7 Å². The Morgan fingerprint density at radius 1 is 0.920 bits per heavy atom. The van der Waals surface area contributed by atoms with Crippen LogP contribution in [-0.4, -0.2) is 71.7 Å². The van der Waals surface area contributed by atoms with Gasteiger partial charge in [-0.1, -0.05) is 12.1 Å². The monoisotopic (exact) mass is 347 g/mol. The van der Waals surface area contributed by atoms with Gasteiger partial charge in [0.15, 0.2) is 22.9 Å². The zero-order chi connectivity index (χ0) is 18.9. The molecule has 1 heterocycles. The van der Waals surface area contributed by atoms with E-state index in [1.807, 2.05) is 0 Å². The fourth-order valence-corrected chi connectivity index (χ4v) is 2.42. The molecule has 0 aliphatic heterocycles. The summed E-state index contributed by atoms with van der Waals surface area (Å²) in [6, 6.07) is 6.69. The molecule has 2 rings (SSSR count). The van der Waals surface area contributed by atoms with Gasteiger partial charge >= 0.3 is 0 Å². The Kier molecular flexibility index (Phi) is 4.92. The number of methoxy groups -OCH3 is 1. The molecule has 0 unspecified atom stereocenters. The normalized spacial score (nSPS) is 10.4. The lowest BCUT2D eigenvalue weighted by Gasteiger charge is -2.18. The average Bonchev–Trinajstić information content (AvgIpc) is 2.84. The minimum atomic E-state index is -0.658. The number of rotatable bonds is 4. The van der Waals surface area contributed by atoms with Crippen molar-refractivity contribution in [2.45, 2.75) is 0 Å². The summed E-state index contributed by atoms with van der Waals surface area (Å²) in [7, 11) is 7.47. The molecule has 0 saturated carbocycles. The number of carbonyl (C=O) groups excluding carboxylic acids is 2. The van der Waals surface area contributed by atoms with Gasteiger partial charge in [-0.3, -0.25) is 14.2 Å². The van der Waals surface area contributed by atoms with Crippen LogP contribution in [0, 0.1) is 0 Å². The van der Waals surface area contributed by atoms with Gasteiger partial charge in [0.05, 0.1) is 12.8 Å². The number of carbonyl (C=O) groups is 2. The van der Waals surface area contributed by atoms with E-state index < -0.39 is 23.3 Å². The molecule has 0 bridgehead atoms. The Morgan fingerprint density at radius 2 is 1.36 bits per heavy atom. The third-order valence-electron chi connectivity index (χ3n) is 3.66. The molecule has 2 amide bonds. The molecular weight excluding hydrogens is 326 g/mol. The Hall–Kier alpha value is -3.16. The summed E-state index contributed by atoms with van der Waals surface area (Å²) in [5.74, 6) is -2.09. The number of para-hydroxylation sites is 2. The standard InChI is InChI=1S/C17H21N3O5/c1-18(2)16(23)12-14(21)15(22)13(17(24)19(3)4)20(12)10-8-6-7-9-11(10)25-5/h6-9,21-22H,1-5H3. The number of benzene rings is 1. The average molecular weight is 347 g/mol. The van der Waals surface area contributed by atoms with Crippen molar-refractivity contribution in [2.75, 3.05) is 35.3 Å². The first kappa shape index (κ1) is 18.2. The number of aromatic hydroxyl groups is 2. The summed E-state index contributed by atoms with van der Waals surface area (Å²) in [5, 5.41) is 20.7. The Bertz CT molecular complexity index is 780. The Labute approximate surface area is 145 Å². The van der Waals surface area contributed by atoms with E-state index in [2.05, 4.69) is 0 Å². The molecule has 2 N–H and O–H groups in total. The predicted octanol–water partition coefficient (Wildman–Crippen LogP) is 1.30. The summed E-state index contributed by atoms with van der Waals surface area (Å²) in [4.78, 5) is 27.7. The van der Waals surface area contributed by atoms with Crippen molar-refractivity contribution >= 4 is 11.8 Å². The highest BCUT2D eigenvalue weighted by molar-refractivity contribution is 6.04. The Balaban J connectivity index is 2.94. The van der Waals surface area contributed by atoms with E-state index in [1.54, 1.807) is 24.3 Å². The van der Waals surface area contributed by atoms with Crippen molar-refractivity contribution in [3.8, 4) is 22.9 Å². The molecule has 1 aromatic heterocycles. The van der Waals surface area contributed by atoms with Crippen molar-refractivity contribution < 1.29 is 24.5 Å². The zero-order valence-corrected chi connectivity index (χ0v) is 14.8. The van der Waals surface area contributed by atoms with Gasteiger partial charge < -0.3 is 24.7 Å². The number of hydrogen-bond donors (Lipinski definition) is 2. The summed E-state index contributed by atoms with van der Waals surface area (Å²) in [6.07, 6.45) is 0. The number of ether oxygens (including phenoxy) is 1. The number of aromatic nitrogens is 1. The third kappa shape index (κ3) is 2.98. The minimum Gasteiger partial charge on any atom is -0.503 e. The van der Waals surface area contributed by atoms with Crippen LogP contribution >= 0.6 is 0 Å². The molecule has 0 radical (unpaired) electrons. The maximum Gasteiger partial charge on any atom is 0.274 e. The molecule has 2 aromatic rings. The highest BCUT2D eigenvalue weighted by Gasteiger charge is 2.33. The van der Waals surface area contributed by atoms with Gasteiger partial charge in [-0.05, 0) is 12.1 Å². The van der Waals surface area contributed by atoms with Crippen molar-refractivity contribution in [3.63, 3.8) is 0 Å². The lowest BCUT2D eigenvalue weighted by Crippen LogP contribution is -2.28. The van der Waals surface area contributed by atoms with Gasteiger partial charge in [-0.25, -0.2) is 0 Å². The van der Waals surface area contributed by atoms with Crippen LogP contribution in [0.1, 0.15) is 21.0 Å². The molecule has 0 fully saturated rings. The number of amides is 2. The summed E-state index contributed by atoms with van der Waals surface area (Å²) < 4.78 is 6.52. The molecule has 0 spiro atoms. The molecular formula is C17H21N3O5. The summed E-state index contributed by atoms with van der Waals surface area (Å²) in [5.41, 5.74) is -0.106. The van der Waals surface area contributed by atoms with Gasteiger partial charge in [-0.15, -0.1) is 0 Å². The first-order chi connectivity index (χ1) is 11.7. The molecule has 8 heteroatoms. The zero-order valence-electron chi connectivity index (χ0n) is 14.8. The molecule has 134 valence electrons. The van der Waals surface area contributed by atoms with Gasteiger partial charge in [0.25, 0.3) is 11.8 Å². The van der Waals surface area contributed by atoms with Crippen LogP contribution in [0.4, 0.5) is 0 Å². The molecule has 0 aliphatic carbocycles. The maximum absolute atomic E-state index is 12.6. The fourth-order valence-electron chi connectivity index (χ4n) is 2.42. The van der Waals surface area contributed by atoms with Crippen molar-refractivity contribution in [2.24, 2.45) is 0 Å². The van der Waals surface area contributed by atoms with Crippen LogP contribution in [0.3, 0.4) is 0 Å². The minimum absolute atomic E-state index is 0.225. The second kappa shape index (κ2) is 6.76. The molecule has 0 aliphatic rings. The highest BCUT2D eigenvalue weighted by atomic mass is 16.5. The second-order valence-corrected chi connectivity index (χ2v) is 5.80. The van der Waals surface area contributed by atoms with Crippen LogP contribution in [0.2, 0.25) is 0 Å². The van der Waals surface area contributed by atoms with E-state index in [0.717, 1.165) is 0 Å². The van der Waals surface area contributed by atoms with Crippen LogP contribution < -0.4 is 4.74 Å². The summed E-state index contributed by atoms with van der Waals surface area (Å²) in [6.45, 7) is 0. The third-order valence-corrected chi connectivity index (χ3v) is 3.66. The predicted molar refractivity (Wildman–Crippen MR) is 91.7 cm³/mol. The fraction of sp³-hybridized carbons (Fsp3) is 0.294. The van der Waals surface area contributed by atoms with E-state index >= 15 is 0 Å². The van der Waals surface area contributed by atoms with E-state index in [0.29, 0.717) is 11.4 Å². The first-order valence-corrected chi connectivity index (χ1v) is 7.45. The maximum atomic E-state index is 12.6. The van der Waals surface area contributed by atoms with Crippen LogP contribution in [-0.2, 0) is 0 Å². The van der Waals surface area contributed by atoms with Crippen molar-refractivity contribution in [3.05, 3.63) is 35.7 Å². The quantitative estimate of drug-likeness (QED) is 0.869. The second-order valence-electron chi connectivity index (χ2n) is 5.80. The van der Waals surface area contributed by atoms with Crippen LogP contribution in [0.5, 0.6) is 17.2 Å². The van der Waals surface area contributed by atoms with Crippen molar-refractivity contribution in [1.29, 1.82) is 0 Å². The lowest BCUT2D eigenvalue weighted by atomic mass is 10.2. The van der Waals surface area contributed by atoms with Gasteiger partial charge in [-0.2, -0.15) is 0 Å². The lowest BCUT2D eigenvalue weighted by molar-refractivity contribution is 0.0811. The van der Waals surface area contributed by atoms with E-state index in [9.17, 15) is 19.8 Å². The van der Waals surface area contributed by atoms with Gasteiger partial charge in [0.1, 0.15) is 5.75 Å². The van der Waals surface area contributed by atoms with Gasteiger partial charge in [0.2, 0.25) is 0 Å². The SMILES string of the molecule is COc1ccccc1-n1c(C(=O)N(C)C)c(O)c(O)c1C(=O)N(C)C. The number of hydrogen-bond acceptors (Lipinski definition) is 5. The summed E-state index contributed by atoms with van der Waals surface area (Å²) >= 11 is 0. The van der Waals surface area contributed by atoms with Crippen LogP contribution in [0.15, 0.2) is 24.3 Å². The van der Waals surface area contributed by atoms with E-state index in [-0.39, 0.29) is 11.4 Å². The molecule has 0 saturated heterocycles. The smallest absolute Gasteiger partial charge is 0.274 e. The largest absolute Gasteiger partial charge is 0.503 e. The molecule has 8 nitrogen and oxygen atoms in total. The molecule has 0 atom stereocenters. The molecule has 1 aromatic carbocycles. The first-order valence-electron chi connectivity index (χ1n) is 7.45. The molecule has 25 heavy (non-hydrogen) atoms. The number of nitrogens with zero attached hydrogens (tertiary/aromatic N) is 3. The topological polar surface area (TPSA) is 95.2 Å². The van der Waals surface area contributed by atoms with E-state index in [4.69, 9.17) is 4.74 Å². The van der Waals surface area contributed by atoms with Crippen molar-refractivity contribution in [1.82, 2.24) is 14.4 Å². The highest BCUT2D eigenvalue weighted by Crippen LogP contribution is 2.41. The Morgan fingerprint density at radius 3 is 1.76 bits per heavy atom. The van der Waals surface area contributed by atoms with Crippen LogP contribution in [0.25, 0.3) is 5.69 Å².